The monoisotopic (exact) mass is 286 g/mol. The highest BCUT2D eigenvalue weighted by Gasteiger charge is 2.42. The Labute approximate surface area is 117 Å². The van der Waals surface area contributed by atoms with Gasteiger partial charge in [-0.2, -0.15) is 0 Å². The fraction of sp³-hybridized carbons (Fsp3) is 0.846. The van der Waals surface area contributed by atoms with Crippen molar-refractivity contribution >= 4 is 12.0 Å². The van der Waals surface area contributed by atoms with Gasteiger partial charge in [0.15, 0.2) is 0 Å². The third kappa shape index (κ3) is 3.40. The Bertz CT molecular complexity index is 383. The molecular weight excluding hydrogens is 264 g/mol. The predicted molar refractivity (Wildman–Crippen MR) is 70.4 cm³/mol. The van der Waals surface area contributed by atoms with Crippen molar-refractivity contribution in [1.29, 1.82) is 0 Å². The zero-order valence-corrected chi connectivity index (χ0v) is 11.7. The van der Waals surface area contributed by atoms with E-state index in [4.69, 9.17) is 14.9 Å². The van der Waals surface area contributed by atoms with E-state index in [-0.39, 0.29) is 31.3 Å². The van der Waals surface area contributed by atoms with Gasteiger partial charge in [0.2, 0.25) is 0 Å². The molecule has 1 saturated heterocycles. The van der Waals surface area contributed by atoms with Crippen molar-refractivity contribution in [2.45, 2.75) is 50.4 Å². The second-order valence-corrected chi connectivity index (χ2v) is 5.79. The number of hydrogen-bond donors (Lipinski definition) is 3. The van der Waals surface area contributed by atoms with Crippen molar-refractivity contribution in [3.05, 3.63) is 0 Å². The maximum atomic E-state index is 12.3. The molecule has 2 atom stereocenters. The Morgan fingerprint density at radius 1 is 1.40 bits per heavy atom. The van der Waals surface area contributed by atoms with Crippen molar-refractivity contribution in [2.24, 2.45) is 0 Å². The number of morpholine rings is 1. The van der Waals surface area contributed by atoms with E-state index in [0.717, 1.165) is 6.42 Å². The molecule has 1 saturated carbocycles. The number of aliphatic hydroxyl groups excluding tert-OH is 1. The number of aliphatic carboxylic acids is 1. The van der Waals surface area contributed by atoms with Crippen LogP contribution in [0.5, 0.6) is 0 Å². The molecular formula is C13H22N2O5. The number of urea groups is 1. The molecule has 0 spiro atoms. The molecule has 20 heavy (non-hydrogen) atoms. The van der Waals surface area contributed by atoms with Gasteiger partial charge in [-0.1, -0.05) is 0 Å². The molecule has 114 valence electrons. The van der Waals surface area contributed by atoms with Crippen LogP contribution in [0.25, 0.3) is 0 Å². The number of carboxylic acids is 1. The van der Waals surface area contributed by atoms with E-state index in [9.17, 15) is 9.59 Å². The lowest BCUT2D eigenvalue weighted by atomic mass is 9.74. The second-order valence-electron chi connectivity index (χ2n) is 5.79. The molecule has 7 heteroatoms. The highest BCUT2D eigenvalue weighted by molar-refractivity contribution is 5.77. The van der Waals surface area contributed by atoms with Gasteiger partial charge in [0.05, 0.1) is 37.3 Å². The first-order valence-corrected chi connectivity index (χ1v) is 6.99. The Balaban J connectivity index is 1.94. The molecule has 2 fully saturated rings. The van der Waals surface area contributed by atoms with Gasteiger partial charge in [-0.25, -0.2) is 4.79 Å². The standard InChI is InChI=1S/C13H22N2O5/c1-9-6-15(7-10(8-16)20-9)12(19)14-13(3-2-4-13)5-11(17)18/h9-10,16H,2-8H2,1H3,(H,14,19)(H,17,18). The highest BCUT2D eigenvalue weighted by atomic mass is 16.5. The summed E-state index contributed by atoms with van der Waals surface area (Å²) in [6.45, 7) is 2.49. The maximum Gasteiger partial charge on any atom is 0.318 e. The molecule has 2 rings (SSSR count). The van der Waals surface area contributed by atoms with Crippen molar-refractivity contribution in [3.63, 3.8) is 0 Å². The average Bonchev–Trinajstić information content (AvgIpc) is 2.34. The smallest absolute Gasteiger partial charge is 0.318 e. The van der Waals surface area contributed by atoms with Crippen molar-refractivity contribution in [3.8, 4) is 0 Å². The first-order chi connectivity index (χ1) is 9.44. The number of carbonyl (C=O) groups is 2. The number of rotatable bonds is 4. The fourth-order valence-corrected chi connectivity index (χ4v) is 2.86. The molecule has 2 unspecified atom stereocenters. The summed E-state index contributed by atoms with van der Waals surface area (Å²) in [5, 5.41) is 21.0. The van der Waals surface area contributed by atoms with Gasteiger partial charge in [-0.15, -0.1) is 0 Å². The van der Waals surface area contributed by atoms with Crippen molar-refractivity contribution < 1.29 is 24.5 Å². The Morgan fingerprint density at radius 3 is 2.60 bits per heavy atom. The largest absolute Gasteiger partial charge is 0.481 e. The van der Waals surface area contributed by atoms with Crippen molar-refractivity contribution in [2.75, 3.05) is 19.7 Å². The Kier molecular flexibility index (Phi) is 4.49. The van der Waals surface area contributed by atoms with Crippen molar-refractivity contribution in [1.82, 2.24) is 10.2 Å². The molecule has 7 nitrogen and oxygen atoms in total. The average molecular weight is 286 g/mol. The molecule has 2 amide bonds. The molecule has 0 aromatic rings. The van der Waals surface area contributed by atoms with Crippen LogP contribution in [0.15, 0.2) is 0 Å². The lowest BCUT2D eigenvalue weighted by molar-refractivity contribution is -0.139. The zero-order chi connectivity index (χ0) is 14.8. The number of carboxylic acid groups (broad SMARTS) is 1. The minimum atomic E-state index is -0.895. The minimum absolute atomic E-state index is 0.0396. The first kappa shape index (κ1) is 15.1. The lowest BCUT2D eigenvalue weighted by Crippen LogP contribution is -2.61. The second kappa shape index (κ2) is 5.97. The van der Waals surface area contributed by atoms with Crippen LogP contribution in [0.4, 0.5) is 4.79 Å². The molecule has 2 aliphatic rings. The van der Waals surface area contributed by atoms with Gasteiger partial charge in [-0.3, -0.25) is 4.79 Å². The predicted octanol–water partition coefficient (Wildman–Crippen LogP) is 0.175. The molecule has 1 heterocycles. The third-order valence-electron chi connectivity index (χ3n) is 3.99. The minimum Gasteiger partial charge on any atom is -0.481 e. The number of ether oxygens (including phenoxy) is 1. The quantitative estimate of drug-likeness (QED) is 0.684. The summed E-state index contributed by atoms with van der Waals surface area (Å²) >= 11 is 0. The molecule has 0 bridgehead atoms. The topological polar surface area (TPSA) is 99.1 Å². The van der Waals surface area contributed by atoms with Gasteiger partial charge in [0.1, 0.15) is 0 Å². The van der Waals surface area contributed by atoms with E-state index in [1.807, 2.05) is 6.92 Å². The van der Waals surface area contributed by atoms with Gasteiger partial charge in [-0.05, 0) is 26.2 Å². The molecule has 0 aromatic heterocycles. The van der Waals surface area contributed by atoms with Crippen LogP contribution < -0.4 is 5.32 Å². The molecule has 1 aliphatic carbocycles. The van der Waals surface area contributed by atoms with E-state index in [0.29, 0.717) is 25.9 Å². The van der Waals surface area contributed by atoms with E-state index < -0.39 is 11.5 Å². The summed E-state index contributed by atoms with van der Waals surface area (Å²) in [5.74, 6) is -0.895. The van der Waals surface area contributed by atoms with E-state index in [1.54, 1.807) is 4.90 Å². The summed E-state index contributed by atoms with van der Waals surface area (Å²) in [6, 6.07) is -0.264. The number of amides is 2. The maximum absolute atomic E-state index is 12.3. The number of aliphatic hydroxyl groups is 1. The molecule has 1 aliphatic heterocycles. The summed E-state index contributed by atoms with van der Waals surface area (Å²) in [5.41, 5.74) is -0.598. The van der Waals surface area contributed by atoms with Crippen LogP contribution in [0.1, 0.15) is 32.6 Å². The summed E-state index contributed by atoms with van der Waals surface area (Å²) in [6.07, 6.45) is 1.79. The lowest BCUT2D eigenvalue weighted by Gasteiger charge is -2.44. The van der Waals surface area contributed by atoms with E-state index in [2.05, 4.69) is 5.32 Å². The fourth-order valence-electron chi connectivity index (χ4n) is 2.86. The normalized spacial score (nSPS) is 28.6. The van der Waals surface area contributed by atoms with Crippen LogP contribution in [0, 0.1) is 0 Å². The SMILES string of the molecule is CC1CN(C(=O)NC2(CC(=O)O)CCC2)CC(CO)O1. The molecule has 3 N–H and O–H groups in total. The summed E-state index contributed by atoms with van der Waals surface area (Å²) in [7, 11) is 0. The summed E-state index contributed by atoms with van der Waals surface area (Å²) < 4.78 is 5.49. The Morgan fingerprint density at radius 2 is 2.10 bits per heavy atom. The van der Waals surface area contributed by atoms with Crippen LogP contribution in [-0.4, -0.2) is 64.6 Å². The summed E-state index contributed by atoms with van der Waals surface area (Å²) in [4.78, 5) is 24.8. The van der Waals surface area contributed by atoms with Crippen LogP contribution >= 0.6 is 0 Å². The third-order valence-corrected chi connectivity index (χ3v) is 3.99. The zero-order valence-electron chi connectivity index (χ0n) is 11.7. The number of nitrogens with one attached hydrogen (secondary N) is 1. The van der Waals surface area contributed by atoms with Crippen LogP contribution in [0.2, 0.25) is 0 Å². The van der Waals surface area contributed by atoms with E-state index >= 15 is 0 Å². The van der Waals surface area contributed by atoms with Gasteiger partial charge < -0.3 is 25.2 Å². The van der Waals surface area contributed by atoms with Crippen LogP contribution in [-0.2, 0) is 9.53 Å². The van der Waals surface area contributed by atoms with Gasteiger partial charge >= 0.3 is 12.0 Å². The molecule has 0 aromatic carbocycles. The number of hydrogen-bond acceptors (Lipinski definition) is 4. The highest BCUT2D eigenvalue weighted by Crippen LogP contribution is 2.35. The number of nitrogens with zero attached hydrogens (tertiary/aromatic N) is 1. The first-order valence-electron chi connectivity index (χ1n) is 6.99. The number of carbonyl (C=O) groups excluding carboxylic acids is 1. The molecule has 0 radical (unpaired) electrons. The Hall–Kier alpha value is -1.34. The van der Waals surface area contributed by atoms with Crippen LogP contribution in [0.3, 0.4) is 0 Å². The van der Waals surface area contributed by atoms with Gasteiger partial charge in [0, 0.05) is 6.54 Å². The van der Waals surface area contributed by atoms with E-state index in [1.165, 1.54) is 0 Å². The van der Waals surface area contributed by atoms with Gasteiger partial charge in [0.25, 0.3) is 0 Å².